The van der Waals surface area contributed by atoms with Gasteiger partial charge in [-0.1, -0.05) is 12.1 Å². The zero-order valence-corrected chi connectivity index (χ0v) is 11.1. The number of nitrogens with one attached hydrogen (secondary N) is 2. The van der Waals surface area contributed by atoms with Crippen LogP contribution >= 0.6 is 0 Å². The molecule has 0 bridgehead atoms. The molecule has 1 aromatic carbocycles. The number of anilines is 1. The van der Waals surface area contributed by atoms with Gasteiger partial charge in [0.1, 0.15) is 5.82 Å². The molecule has 0 saturated heterocycles. The fourth-order valence-corrected chi connectivity index (χ4v) is 2.43. The van der Waals surface area contributed by atoms with Crippen LogP contribution in [0, 0.1) is 5.82 Å². The number of nitrogens with zero attached hydrogens (tertiary/aromatic N) is 2. The molecule has 0 radical (unpaired) electrons. The number of carbonyl (C=O) groups is 1. The van der Waals surface area contributed by atoms with Gasteiger partial charge in [-0.3, -0.25) is 9.48 Å². The van der Waals surface area contributed by atoms with Crippen molar-refractivity contribution in [1.82, 2.24) is 15.1 Å². The Kier molecular flexibility index (Phi) is 3.23. The molecule has 1 atom stereocenters. The van der Waals surface area contributed by atoms with Gasteiger partial charge in [0.05, 0.1) is 17.3 Å². The number of rotatable bonds is 2. The maximum absolute atomic E-state index is 13.6. The van der Waals surface area contributed by atoms with Crippen LogP contribution in [-0.4, -0.2) is 22.2 Å². The van der Waals surface area contributed by atoms with Crippen molar-refractivity contribution in [1.29, 1.82) is 0 Å². The summed E-state index contributed by atoms with van der Waals surface area (Å²) < 4.78 is 15.3. The summed E-state index contributed by atoms with van der Waals surface area (Å²) in [6.07, 6.45) is 1.89. The molecule has 1 aliphatic heterocycles. The van der Waals surface area contributed by atoms with Crippen LogP contribution in [0.2, 0.25) is 0 Å². The smallest absolute Gasteiger partial charge is 0.234 e. The number of amides is 1. The first-order chi connectivity index (χ1) is 9.65. The van der Waals surface area contributed by atoms with Crippen molar-refractivity contribution in [3.63, 3.8) is 0 Å². The molecule has 1 amide bonds. The molecule has 0 saturated carbocycles. The van der Waals surface area contributed by atoms with Gasteiger partial charge in [-0.25, -0.2) is 4.39 Å². The molecule has 0 spiro atoms. The standard InChI is InChI=1S/C14H15FN4O/c1-19-8-9-6-16-7-10(13(9)18-19)14(20)17-12-5-3-2-4-11(12)15/h2-5,8,10,16H,6-7H2,1H3,(H,17,20). The van der Waals surface area contributed by atoms with Crippen molar-refractivity contribution in [2.24, 2.45) is 7.05 Å². The fourth-order valence-electron chi connectivity index (χ4n) is 2.43. The Bertz CT molecular complexity index is 652. The summed E-state index contributed by atoms with van der Waals surface area (Å²) in [6, 6.07) is 6.14. The average molecular weight is 274 g/mol. The molecule has 2 aromatic rings. The summed E-state index contributed by atoms with van der Waals surface area (Å²) in [6.45, 7) is 1.21. The Hall–Kier alpha value is -2.21. The van der Waals surface area contributed by atoms with Crippen molar-refractivity contribution in [2.75, 3.05) is 11.9 Å². The summed E-state index contributed by atoms with van der Waals surface area (Å²) in [4.78, 5) is 12.3. The molecule has 0 aliphatic carbocycles. The number of fused-ring (bicyclic) bond motifs is 1. The number of carbonyl (C=O) groups excluding carboxylic acids is 1. The highest BCUT2D eigenvalue weighted by atomic mass is 19.1. The van der Waals surface area contributed by atoms with E-state index in [1.54, 1.807) is 22.9 Å². The van der Waals surface area contributed by atoms with Crippen LogP contribution in [0.3, 0.4) is 0 Å². The molecular weight excluding hydrogens is 259 g/mol. The average Bonchev–Trinajstić information content (AvgIpc) is 2.81. The summed E-state index contributed by atoms with van der Waals surface area (Å²) in [5.74, 6) is -1.09. The van der Waals surface area contributed by atoms with Gasteiger partial charge in [0, 0.05) is 31.9 Å². The Labute approximate surface area is 115 Å². The lowest BCUT2D eigenvalue weighted by Crippen LogP contribution is -2.35. The minimum atomic E-state index is -0.439. The van der Waals surface area contributed by atoms with E-state index in [-0.39, 0.29) is 11.6 Å². The zero-order chi connectivity index (χ0) is 14.1. The highest BCUT2D eigenvalue weighted by molar-refractivity contribution is 5.96. The van der Waals surface area contributed by atoms with Crippen LogP contribution in [0.5, 0.6) is 0 Å². The van der Waals surface area contributed by atoms with Gasteiger partial charge in [-0.15, -0.1) is 0 Å². The quantitative estimate of drug-likeness (QED) is 0.870. The molecule has 20 heavy (non-hydrogen) atoms. The highest BCUT2D eigenvalue weighted by Gasteiger charge is 2.29. The lowest BCUT2D eigenvalue weighted by molar-refractivity contribution is -0.117. The number of benzene rings is 1. The topological polar surface area (TPSA) is 59.0 Å². The van der Waals surface area contributed by atoms with Crippen LogP contribution in [0.15, 0.2) is 30.5 Å². The van der Waals surface area contributed by atoms with Crippen molar-refractivity contribution >= 4 is 11.6 Å². The molecule has 0 fully saturated rings. The van der Waals surface area contributed by atoms with E-state index in [4.69, 9.17) is 0 Å². The number of hydrogen-bond acceptors (Lipinski definition) is 3. The summed E-state index contributed by atoms with van der Waals surface area (Å²) in [7, 11) is 1.82. The van der Waals surface area contributed by atoms with Crippen LogP contribution in [0.1, 0.15) is 17.2 Å². The van der Waals surface area contributed by atoms with Crippen LogP contribution in [0.25, 0.3) is 0 Å². The second-order valence-corrected chi connectivity index (χ2v) is 4.87. The first-order valence-electron chi connectivity index (χ1n) is 6.43. The first kappa shape index (κ1) is 12.8. The van der Waals surface area contributed by atoms with Gasteiger partial charge in [-0.2, -0.15) is 5.10 Å². The van der Waals surface area contributed by atoms with E-state index in [1.165, 1.54) is 6.07 Å². The van der Waals surface area contributed by atoms with Crippen molar-refractivity contribution in [2.45, 2.75) is 12.5 Å². The summed E-state index contributed by atoms with van der Waals surface area (Å²) >= 11 is 0. The number of aromatic nitrogens is 2. The maximum Gasteiger partial charge on any atom is 0.234 e. The SMILES string of the molecule is Cn1cc2c(n1)C(C(=O)Nc1ccccc1F)CNC2. The van der Waals surface area contributed by atoms with Gasteiger partial charge in [0.15, 0.2) is 0 Å². The molecule has 2 heterocycles. The predicted octanol–water partition coefficient (Wildman–Crippen LogP) is 1.38. The molecule has 1 unspecified atom stereocenters. The normalized spacial score (nSPS) is 17.6. The lowest BCUT2D eigenvalue weighted by atomic mass is 9.97. The van der Waals surface area contributed by atoms with Gasteiger partial charge < -0.3 is 10.6 Å². The number of aryl methyl sites for hydroxylation is 1. The van der Waals surface area contributed by atoms with Gasteiger partial charge in [0.2, 0.25) is 5.91 Å². The minimum Gasteiger partial charge on any atom is -0.323 e. The Morgan fingerprint density at radius 2 is 2.30 bits per heavy atom. The first-order valence-corrected chi connectivity index (χ1v) is 6.43. The predicted molar refractivity (Wildman–Crippen MR) is 72.7 cm³/mol. The molecular formula is C14H15FN4O. The monoisotopic (exact) mass is 274 g/mol. The molecule has 2 N–H and O–H groups in total. The molecule has 104 valence electrons. The van der Waals surface area contributed by atoms with Gasteiger partial charge in [-0.05, 0) is 12.1 Å². The van der Waals surface area contributed by atoms with E-state index in [0.29, 0.717) is 13.1 Å². The maximum atomic E-state index is 13.6. The number of hydrogen-bond donors (Lipinski definition) is 2. The highest BCUT2D eigenvalue weighted by Crippen LogP contribution is 2.24. The van der Waals surface area contributed by atoms with Gasteiger partial charge in [0.25, 0.3) is 0 Å². The Balaban J connectivity index is 1.84. The molecule has 6 heteroatoms. The molecule has 5 nitrogen and oxygen atoms in total. The van der Waals surface area contributed by atoms with E-state index >= 15 is 0 Å². The van der Waals surface area contributed by atoms with Crippen molar-refractivity contribution in [3.8, 4) is 0 Å². The van der Waals surface area contributed by atoms with E-state index in [0.717, 1.165) is 11.3 Å². The van der Waals surface area contributed by atoms with Crippen LogP contribution in [-0.2, 0) is 18.4 Å². The van der Waals surface area contributed by atoms with Crippen molar-refractivity contribution < 1.29 is 9.18 Å². The minimum absolute atomic E-state index is 0.195. The van der Waals surface area contributed by atoms with Gasteiger partial charge >= 0.3 is 0 Å². The third-order valence-electron chi connectivity index (χ3n) is 3.38. The van der Waals surface area contributed by atoms with Crippen LogP contribution in [0.4, 0.5) is 10.1 Å². The summed E-state index contributed by atoms with van der Waals surface area (Å²) in [5, 5.41) is 10.1. The Morgan fingerprint density at radius 3 is 3.10 bits per heavy atom. The zero-order valence-electron chi connectivity index (χ0n) is 11.1. The van der Waals surface area contributed by atoms with Crippen LogP contribution < -0.4 is 10.6 Å². The van der Waals surface area contributed by atoms with E-state index in [1.807, 2.05) is 13.2 Å². The lowest BCUT2D eigenvalue weighted by Gasteiger charge is -2.21. The Morgan fingerprint density at radius 1 is 1.50 bits per heavy atom. The van der Waals surface area contributed by atoms with E-state index in [2.05, 4.69) is 15.7 Å². The molecule has 3 rings (SSSR count). The third-order valence-corrected chi connectivity index (χ3v) is 3.38. The fraction of sp³-hybridized carbons (Fsp3) is 0.286. The molecule has 1 aliphatic rings. The van der Waals surface area contributed by atoms with Crippen molar-refractivity contribution in [3.05, 3.63) is 47.5 Å². The second kappa shape index (κ2) is 5.05. The van der Waals surface area contributed by atoms with E-state index in [9.17, 15) is 9.18 Å². The number of para-hydroxylation sites is 1. The number of halogens is 1. The third kappa shape index (κ3) is 2.30. The largest absolute Gasteiger partial charge is 0.323 e. The van der Waals surface area contributed by atoms with E-state index < -0.39 is 11.7 Å². The molecule has 1 aromatic heterocycles. The summed E-state index contributed by atoms with van der Waals surface area (Å²) in [5.41, 5.74) is 1.97. The second-order valence-electron chi connectivity index (χ2n) is 4.87.